The summed E-state index contributed by atoms with van der Waals surface area (Å²) in [6, 6.07) is 0. The number of hydrogen-bond donors (Lipinski definition) is 5. The lowest BCUT2D eigenvalue weighted by molar-refractivity contribution is -0.308. The van der Waals surface area contributed by atoms with E-state index >= 15 is 0 Å². The second-order valence-corrected chi connectivity index (χ2v) is 12.8. The summed E-state index contributed by atoms with van der Waals surface area (Å²) in [7, 11) is 0. The zero-order chi connectivity index (χ0) is 31.9. The molecule has 0 bridgehead atoms. The molecule has 1 fully saturated rings. The van der Waals surface area contributed by atoms with Crippen molar-refractivity contribution in [2.24, 2.45) is 11.5 Å². The van der Waals surface area contributed by atoms with Gasteiger partial charge in [0.05, 0.1) is 12.6 Å². The Morgan fingerprint density at radius 2 is 1.09 bits per heavy atom. The lowest BCUT2D eigenvalue weighted by atomic mass is 9.91. The van der Waals surface area contributed by atoms with Gasteiger partial charge in [0.25, 0.3) is 0 Å². The Balaban J connectivity index is 0.0000185. The third kappa shape index (κ3) is 16.7. The smallest absolute Gasteiger partial charge is 0.227 e. The van der Waals surface area contributed by atoms with E-state index in [1.54, 1.807) is 0 Å². The van der Waals surface area contributed by atoms with E-state index in [9.17, 15) is 24.9 Å². The minimum Gasteiger partial charge on any atom is -0.388 e. The molecule has 0 unspecified atom stereocenters. The molecule has 0 radical (unpaired) electrons. The summed E-state index contributed by atoms with van der Waals surface area (Å²) < 4.78 is 5.92. The van der Waals surface area contributed by atoms with Gasteiger partial charge in [-0.15, -0.1) is 12.4 Å². The predicted molar refractivity (Wildman–Crippen MR) is 180 cm³/mol. The highest BCUT2D eigenvalue weighted by atomic mass is 35.5. The summed E-state index contributed by atoms with van der Waals surface area (Å²) in [6.07, 6.45) is 18.1. The Labute approximate surface area is 274 Å². The molecule has 0 aromatic carbocycles. The highest BCUT2D eigenvalue weighted by Gasteiger charge is 2.55. The zero-order valence-electron chi connectivity index (χ0n) is 28.1. The highest BCUT2D eigenvalue weighted by Crippen LogP contribution is 2.32. The van der Waals surface area contributed by atoms with Gasteiger partial charge in [-0.1, -0.05) is 136 Å². The lowest BCUT2D eigenvalue weighted by Crippen LogP contribution is -2.76. The quantitative estimate of drug-likeness (QED) is 0.0546. The van der Waals surface area contributed by atoms with Crippen LogP contribution in [0.5, 0.6) is 0 Å². The van der Waals surface area contributed by atoms with E-state index < -0.39 is 30.3 Å². The predicted octanol–water partition coefficient (Wildman–Crippen LogP) is 5.87. The Bertz CT molecular complexity index is 733. The second-order valence-electron chi connectivity index (χ2n) is 12.8. The van der Waals surface area contributed by atoms with Crippen molar-refractivity contribution in [2.45, 2.75) is 192 Å². The number of carbonyl (C=O) groups excluding carboxylic acids is 2. The number of rotatable bonds is 27. The van der Waals surface area contributed by atoms with Crippen molar-refractivity contribution in [1.29, 1.82) is 0 Å². The molecule has 1 aliphatic rings. The van der Waals surface area contributed by atoms with Crippen molar-refractivity contribution in [3.63, 3.8) is 0 Å². The molecule has 0 aromatic heterocycles. The molecule has 1 heterocycles. The molecular formula is C34H68ClN3O6. The largest absolute Gasteiger partial charge is 0.388 e. The first-order chi connectivity index (χ1) is 20.7. The number of ether oxygens (including phenoxy) is 1. The average Bonchev–Trinajstić information content (AvgIpc) is 3.00. The molecule has 9 nitrogen and oxygen atoms in total. The van der Waals surface area contributed by atoms with Crippen LogP contribution in [-0.2, 0) is 14.3 Å². The number of nitrogens with two attached hydrogens (primary N) is 2. The normalized spacial score (nSPS) is 23.3. The van der Waals surface area contributed by atoms with Crippen LogP contribution >= 0.6 is 12.4 Å². The standard InChI is InChI=1S/C34H67N3O6.ClH/c1-3-5-7-9-11-13-14-15-17-19-21-23-25-37(30(39)24-22-20-18-16-12-10-8-6-4-2)34(36)33(42)32(41)31(40)29(43-34)26-28(38)27-35;/h29,31-33,40-42H,3-27,35-36H2,1-2H3;1H/t29-,31-,32+,33+,34+;/m1./s1. The van der Waals surface area contributed by atoms with Gasteiger partial charge in [0.15, 0.2) is 0 Å². The fourth-order valence-corrected chi connectivity index (χ4v) is 6.05. The third-order valence-electron chi connectivity index (χ3n) is 8.93. The molecule has 10 heteroatoms. The molecule has 0 aromatic rings. The lowest BCUT2D eigenvalue weighted by Gasteiger charge is -2.51. The van der Waals surface area contributed by atoms with Gasteiger partial charge in [-0.3, -0.25) is 20.2 Å². The van der Waals surface area contributed by atoms with Gasteiger partial charge in [0.2, 0.25) is 11.8 Å². The topological polar surface area (TPSA) is 159 Å². The number of amides is 1. The number of hydrogen-bond acceptors (Lipinski definition) is 8. The van der Waals surface area contributed by atoms with Crippen LogP contribution in [0, 0.1) is 0 Å². The molecule has 1 saturated heterocycles. The van der Waals surface area contributed by atoms with Crippen LogP contribution < -0.4 is 11.5 Å². The van der Waals surface area contributed by atoms with Crippen LogP contribution in [-0.4, -0.2) is 75.3 Å². The summed E-state index contributed by atoms with van der Waals surface area (Å²) in [6.45, 7) is 4.47. The molecular weight excluding hydrogens is 582 g/mol. The summed E-state index contributed by atoms with van der Waals surface area (Å²) >= 11 is 0. The van der Waals surface area contributed by atoms with E-state index in [1.807, 2.05) is 0 Å². The zero-order valence-corrected chi connectivity index (χ0v) is 28.9. The van der Waals surface area contributed by atoms with E-state index in [0.717, 1.165) is 38.5 Å². The number of unbranched alkanes of at least 4 members (excludes halogenated alkanes) is 19. The van der Waals surface area contributed by atoms with Crippen LogP contribution in [0.2, 0.25) is 0 Å². The monoisotopic (exact) mass is 649 g/mol. The fraction of sp³-hybridized carbons (Fsp3) is 0.941. The number of nitrogens with zero attached hydrogens (tertiary/aromatic N) is 1. The fourth-order valence-electron chi connectivity index (χ4n) is 6.05. The molecule has 1 aliphatic heterocycles. The van der Waals surface area contributed by atoms with Gasteiger partial charge in [-0.2, -0.15) is 0 Å². The van der Waals surface area contributed by atoms with Crippen LogP contribution in [0.1, 0.15) is 162 Å². The third-order valence-corrected chi connectivity index (χ3v) is 8.93. The minimum atomic E-state index is -2.05. The molecule has 5 atom stereocenters. The Kier molecular flexibility index (Phi) is 25.8. The molecule has 0 aliphatic carbocycles. The van der Waals surface area contributed by atoms with E-state index in [-0.39, 0.29) is 50.0 Å². The molecule has 1 amide bonds. The number of Topliss-reactive ketones (excluding diaryl/α,β-unsaturated/α-hetero) is 1. The molecule has 1 rings (SSSR count). The van der Waals surface area contributed by atoms with E-state index in [2.05, 4.69) is 13.8 Å². The van der Waals surface area contributed by atoms with Crippen molar-refractivity contribution in [2.75, 3.05) is 13.1 Å². The Hall–Kier alpha value is -0.810. The number of carbonyl (C=O) groups is 2. The number of halogens is 1. The SMILES string of the molecule is CCCCCCCCCCCCCCN(C(=O)CCCCCCCCCCC)[C@]1(N)O[C@H](CC(=O)CN)[C@@H](O)[C@H](O)[C@@H]1O.Cl. The van der Waals surface area contributed by atoms with Crippen LogP contribution in [0.4, 0.5) is 0 Å². The maximum Gasteiger partial charge on any atom is 0.227 e. The average molecular weight is 650 g/mol. The van der Waals surface area contributed by atoms with E-state index in [1.165, 1.54) is 88.4 Å². The van der Waals surface area contributed by atoms with Crippen LogP contribution in [0.3, 0.4) is 0 Å². The molecule has 7 N–H and O–H groups in total. The molecule has 44 heavy (non-hydrogen) atoms. The maximum atomic E-state index is 13.5. The summed E-state index contributed by atoms with van der Waals surface area (Å²) in [5.41, 5.74) is 12.0. The first-order valence-corrected chi connectivity index (χ1v) is 17.8. The van der Waals surface area contributed by atoms with Gasteiger partial charge in [0.1, 0.15) is 24.1 Å². The second kappa shape index (κ2) is 26.3. The molecule has 0 spiro atoms. The maximum absolute atomic E-state index is 13.5. The summed E-state index contributed by atoms with van der Waals surface area (Å²) in [5, 5.41) is 32.1. The Morgan fingerprint density at radius 1 is 0.682 bits per heavy atom. The first kappa shape index (κ1) is 43.2. The van der Waals surface area contributed by atoms with Crippen molar-refractivity contribution < 1.29 is 29.6 Å². The van der Waals surface area contributed by atoms with Crippen molar-refractivity contribution in [1.82, 2.24) is 4.90 Å². The molecule has 262 valence electrons. The van der Waals surface area contributed by atoms with E-state index in [4.69, 9.17) is 16.2 Å². The van der Waals surface area contributed by atoms with Crippen LogP contribution in [0.15, 0.2) is 0 Å². The number of aliphatic hydroxyl groups is 3. The first-order valence-electron chi connectivity index (χ1n) is 17.8. The number of ketones is 1. The minimum absolute atomic E-state index is 0. The Morgan fingerprint density at radius 3 is 1.52 bits per heavy atom. The van der Waals surface area contributed by atoms with Gasteiger partial charge >= 0.3 is 0 Å². The van der Waals surface area contributed by atoms with Crippen molar-refractivity contribution in [3.05, 3.63) is 0 Å². The number of aliphatic hydroxyl groups excluding tert-OH is 3. The van der Waals surface area contributed by atoms with Gasteiger partial charge in [0, 0.05) is 19.4 Å². The summed E-state index contributed by atoms with van der Waals surface area (Å²) in [5.74, 6) is -2.67. The van der Waals surface area contributed by atoms with Crippen molar-refractivity contribution >= 4 is 24.1 Å². The molecule has 0 saturated carbocycles. The van der Waals surface area contributed by atoms with Gasteiger partial charge in [-0.25, -0.2) is 0 Å². The van der Waals surface area contributed by atoms with Gasteiger partial charge < -0.3 is 25.8 Å². The van der Waals surface area contributed by atoms with Crippen molar-refractivity contribution in [3.8, 4) is 0 Å². The van der Waals surface area contributed by atoms with Gasteiger partial charge in [-0.05, 0) is 12.8 Å². The highest BCUT2D eigenvalue weighted by molar-refractivity contribution is 5.85. The van der Waals surface area contributed by atoms with Crippen LogP contribution in [0.25, 0.3) is 0 Å². The summed E-state index contributed by atoms with van der Waals surface area (Å²) in [4.78, 5) is 26.9. The van der Waals surface area contributed by atoms with E-state index in [0.29, 0.717) is 12.8 Å².